The zero-order valence-corrected chi connectivity index (χ0v) is 12.8. The summed E-state index contributed by atoms with van der Waals surface area (Å²) in [5, 5.41) is 0. The van der Waals surface area contributed by atoms with Crippen LogP contribution in [0, 0.1) is 5.82 Å². The number of rotatable bonds is 4. The number of piperidine rings is 1. The molecule has 1 atom stereocenters. The number of nitrogens with zero attached hydrogens (tertiary/aromatic N) is 1. The van der Waals surface area contributed by atoms with E-state index >= 15 is 0 Å². The van der Waals surface area contributed by atoms with E-state index in [-0.39, 0.29) is 16.4 Å². The smallest absolute Gasteiger partial charge is 0.124 e. The van der Waals surface area contributed by atoms with Gasteiger partial charge in [-0.3, -0.25) is 4.90 Å². The third-order valence-electron chi connectivity index (χ3n) is 3.88. The summed E-state index contributed by atoms with van der Waals surface area (Å²) in [6.45, 7) is 4.65. The molecule has 1 heterocycles. The average molecular weight is 296 g/mol. The highest BCUT2D eigenvalue weighted by molar-refractivity contribution is 7.80. The summed E-state index contributed by atoms with van der Waals surface area (Å²) in [6, 6.07) is 4.78. The van der Waals surface area contributed by atoms with E-state index in [1.807, 2.05) is 6.07 Å². The average Bonchev–Trinajstić information content (AvgIpc) is 2.38. The quantitative estimate of drug-likeness (QED) is 0.866. The standard InChI is InChI=1S/C15H21FN2OS/c1-15(19-2)4-3-5-18(10-15)9-11-6-12(14(17)20)8-13(16)7-11/h6-8H,3-5,9-10H2,1-2H3,(H2,17,20). The first-order valence-corrected chi connectivity index (χ1v) is 7.19. The van der Waals surface area contributed by atoms with Gasteiger partial charge in [0.15, 0.2) is 0 Å². The molecule has 0 bridgehead atoms. The first kappa shape index (κ1) is 15.4. The molecule has 1 unspecified atom stereocenters. The number of thiocarbonyl (C=S) groups is 1. The molecule has 1 saturated heterocycles. The number of methoxy groups -OCH3 is 1. The van der Waals surface area contributed by atoms with Gasteiger partial charge in [-0.25, -0.2) is 4.39 Å². The molecule has 1 fully saturated rings. The molecule has 0 saturated carbocycles. The molecule has 0 spiro atoms. The number of likely N-dealkylation sites (tertiary alicyclic amines) is 1. The minimum atomic E-state index is -0.295. The van der Waals surface area contributed by atoms with Crippen LogP contribution < -0.4 is 5.73 Å². The zero-order chi connectivity index (χ0) is 14.8. The molecule has 110 valence electrons. The minimum Gasteiger partial charge on any atom is -0.389 e. The van der Waals surface area contributed by atoms with Crippen molar-refractivity contribution in [1.82, 2.24) is 4.90 Å². The molecule has 1 aromatic carbocycles. The third kappa shape index (κ3) is 3.75. The topological polar surface area (TPSA) is 38.5 Å². The monoisotopic (exact) mass is 296 g/mol. The number of halogens is 1. The molecular formula is C15H21FN2OS. The minimum absolute atomic E-state index is 0.114. The zero-order valence-electron chi connectivity index (χ0n) is 12.0. The van der Waals surface area contributed by atoms with Crippen molar-refractivity contribution in [2.75, 3.05) is 20.2 Å². The molecule has 5 heteroatoms. The third-order valence-corrected chi connectivity index (χ3v) is 4.11. The summed E-state index contributed by atoms with van der Waals surface area (Å²) in [5.41, 5.74) is 6.95. The Hall–Kier alpha value is -1.04. The molecule has 0 amide bonds. The lowest BCUT2D eigenvalue weighted by Gasteiger charge is -2.39. The maximum Gasteiger partial charge on any atom is 0.124 e. The molecular weight excluding hydrogens is 275 g/mol. The molecule has 1 aliphatic heterocycles. The Labute approximate surface area is 124 Å². The molecule has 0 aliphatic carbocycles. The largest absolute Gasteiger partial charge is 0.389 e. The van der Waals surface area contributed by atoms with Crippen molar-refractivity contribution >= 4 is 17.2 Å². The fourth-order valence-corrected chi connectivity index (χ4v) is 2.87. The van der Waals surface area contributed by atoms with Gasteiger partial charge >= 0.3 is 0 Å². The molecule has 20 heavy (non-hydrogen) atoms. The Bertz CT molecular complexity index is 509. The van der Waals surface area contributed by atoms with Crippen molar-refractivity contribution in [3.05, 3.63) is 35.1 Å². The fourth-order valence-electron chi connectivity index (χ4n) is 2.75. The summed E-state index contributed by atoms with van der Waals surface area (Å²) in [7, 11) is 1.75. The van der Waals surface area contributed by atoms with E-state index in [0.717, 1.165) is 31.5 Å². The van der Waals surface area contributed by atoms with Crippen LogP contribution in [0.25, 0.3) is 0 Å². The summed E-state index contributed by atoms with van der Waals surface area (Å²) in [4.78, 5) is 2.51. The van der Waals surface area contributed by atoms with Crippen molar-refractivity contribution < 1.29 is 9.13 Å². The van der Waals surface area contributed by atoms with E-state index in [1.165, 1.54) is 6.07 Å². The molecule has 0 aromatic heterocycles. The molecule has 0 radical (unpaired) electrons. The molecule has 1 aromatic rings. The van der Waals surface area contributed by atoms with Crippen LogP contribution in [0.15, 0.2) is 18.2 Å². The van der Waals surface area contributed by atoms with E-state index in [1.54, 1.807) is 13.2 Å². The van der Waals surface area contributed by atoms with E-state index in [0.29, 0.717) is 12.1 Å². The molecule has 3 nitrogen and oxygen atoms in total. The van der Waals surface area contributed by atoms with Crippen molar-refractivity contribution in [2.45, 2.75) is 31.9 Å². The normalized spacial score (nSPS) is 23.8. The van der Waals surface area contributed by atoms with Gasteiger partial charge in [0.2, 0.25) is 0 Å². The maximum absolute atomic E-state index is 13.6. The first-order chi connectivity index (χ1) is 9.42. The van der Waals surface area contributed by atoms with Gasteiger partial charge in [0.25, 0.3) is 0 Å². The number of hydrogen-bond donors (Lipinski definition) is 1. The SMILES string of the molecule is COC1(C)CCCN(Cc2cc(F)cc(C(N)=S)c2)C1. The molecule has 2 rings (SSSR count). The van der Waals surface area contributed by atoms with Gasteiger partial charge < -0.3 is 10.5 Å². The van der Waals surface area contributed by atoms with Crippen LogP contribution in [-0.2, 0) is 11.3 Å². The van der Waals surface area contributed by atoms with Crippen molar-refractivity contribution in [1.29, 1.82) is 0 Å². The lowest BCUT2D eigenvalue weighted by molar-refractivity contribution is -0.0527. The van der Waals surface area contributed by atoms with E-state index in [4.69, 9.17) is 22.7 Å². The van der Waals surface area contributed by atoms with Gasteiger partial charge in [-0.2, -0.15) is 0 Å². The van der Waals surface area contributed by atoms with E-state index in [2.05, 4.69) is 11.8 Å². The molecule has 2 N–H and O–H groups in total. The second-order valence-electron chi connectivity index (χ2n) is 5.68. The summed E-state index contributed by atoms with van der Waals surface area (Å²) < 4.78 is 19.2. The highest BCUT2D eigenvalue weighted by Crippen LogP contribution is 2.25. The Balaban J connectivity index is 2.11. The van der Waals surface area contributed by atoms with Gasteiger partial charge in [0, 0.05) is 25.8 Å². The Morgan fingerprint density at radius 1 is 1.50 bits per heavy atom. The van der Waals surface area contributed by atoms with Crippen molar-refractivity contribution in [3.8, 4) is 0 Å². The van der Waals surface area contributed by atoms with E-state index in [9.17, 15) is 4.39 Å². The first-order valence-electron chi connectivity index (χ1n) is 6.79. The van der Waals surface area contributed by atoms with Crippen LogP contribution in [0.2, 0.25) is 0 Å². The predicted octanol–water partition coefficient (Wildman–Crippen LogP) is 2.46. The number of hydrogen-bond acceptors (Lipinski definition) is 3. The number of benzene rings is 1. The number of nitrogens with two attached hydrogens (primary N) is 1. The highest BCUT2D eigenvalue weighted by Gasteiger charge is 2.30. The van der Waals surface area contributed by atoms with Crippen LogP contribution in [0.1, 0.15) is 30.9 Å². The maximum atomic E-state index is 13.6. The van der Waals surface area contributed by atoms with Gasteiger partial charge in [0.05, 0.1) is 5.60 Å². The summed E-state index contributed by atoms with van der Waals surface area (Å²) in [6.07, 6.45) is 2.14. The second kappa shape index (κ2) is 6.16. The Morgan fingerprint density at radius 3 is 2.90 bits per heavy atom. The lowest BCUT2D eigenvalue weighted by Crippen LogP contribution is -2.46. The number of ether oxygens (including phenoxy) is 1. The summed E-state index contributed by atoms with van der Waals surface area (Å²) in [5.74, 6) is -0.295. The fraction of sp³-hybridized carbons (Fsp3) is 0.533. The summed E-state index contributed by atoms with van der Waals surface area (Å²) >= 11 is 4.92. The van der Waals surface area contributed by atoms with Gasteiger partial charge in [-0.15, -0.1) is 0 Å². The van der Waals surface area contributed by atoms with Gasteiger partial charge in [-0.1, -0.05) is 12.2 Å². The van der Waals surface area contributed by atoms with Crippen LogP contribution in [0.3, 0.4) is 0 Å². The Kier molecular flexibility index (Phi) is 4.73. The van der Waals surface area contributed by atoms with Gasteiger partial charge in [-0.05, 0) is 50.1 Å². The highest BCUT2D eigenvalue weighted by atomic mass is 32.1. The predicted molar refractivity (Wildman–Crippen MR) is 82.2 cm³/mol. The Morgan fingerprint density at radius 2 is 2.25 bits per heavy atom. The van der Waals surface area contributed by atoms with Gasteiger partial charge in [0.1, 0.15) is 10.8 Å². The van der Waals surface area contributed by atoms with E-state index < -0.39 is 0 Å². The van der Waals surface area contributed by atoms with Crippen LogP contribution in [-0.4, -0.2) is 35.7 Å². The van der Waals surface area contributed by atoms with Crippen molar-refractivity contribution in [3.63, 3.8) is 0 Å². The lowest BCUT2D eigenvalue weighted by atomic mass is 9.94. The van der Waals surface area contributed by atoms with Crippen LogP contribution >= 0.6 is 12.2 Å². The van der Waals surface area contributed by atoms with Crippen LogP contribution in [0.5, 0.6) is 0 Å². The second-order valence-corrected chi connectivity index (χ2v) is 6.12. The molecule has 1 aliphatic rings. The van der Waals surface area contributed by atoms with Crippen molar-refractivity contribution in [2.24, 2.45) is 5.73 Å². The van der Waals surface area contributed by atoms with Crippen LogP contribution in [0.4, 0.5) is 4.39 Å².